The molecule has 2 aromatic heterocycles. The van der Waals surface area contributed by atoms with Crippen LogP contribution in [0.2, 0.25) is 0 Å². The van der Waals surface area contributed by atoms with Crippen LogP contribution in [0.25, 0.3) is 0 Å². The number of nitrogens with zero attached hydrogens (tertiary/aromatic N) is 4. The molecule has 0 saturated carbocycles. The summed E-state index contributed by atoms with van der Waals surface area (Å²) in [5.74, 6) is 1.44. The fourth-order valence-corrected chi connectivity index (χ4v) is 3.90. The number of aromatic nitrogens is 3. The lowest BCUT2D eigenvalue weighted by molar-refractivity contribution is 0.0793. The molecule has 0 unspecified atom stereocenters. The van der Waals surface area contributed by atoms with Crippen molar-refractivity contribution >= 4 is 11.7 Å². The summed E-state index contributed by atoms with van der Waals surface area (Å²) < 4.78 is 0. The van der Waals surface area contributed by atoms with Gasteiger partial charge in [0.15, 0.2) is 0 Å². The monoisotopic (exact) mass is 351 g/mol. The first kappa shape index (κ1) is 16.9. The summed E-state index contributed by atoms with van der Waals surface area (Å²) in [6.45, 7) is 4.21. The topological polar surface area (TPSA) is 71.0 Å². The highest BCUT2D eigenvalue weighted by Crippen LogP contribution is 2.22. The highest BCUT2D eigenvalue weighted by atomic mass is 16.2. The molecule has 1 aliphatic carbocycles. The Bertz CT molecular complexity index is 814. The Labute approximate surface area is 154 Å². The number of amides is 1. The van der Waals surface area contributed by atoms with E-state index in [1.165, 1.54) is 24.1 Å². The lowest BCUT2D eigenvalue weighted by Gasteiger charge is -2.19. The van der Waals surface area contributed by atoms with Crippen LogP contribution in [0.4, 0.5) is 5.82 Å². The molecule has 136 valence electrons. The van der Waals surface area contributed by atoms with Crippen molar-refractivity contribution < 1.29 is 4.79 Å². The number of anilines is 1. The molecule has 0 spiro atoms. The van der Waals surface area contributed by atoms with Crippen molar-refractivity contribution in [2.45, 2.75) is 52.0 Å². The van der Waals surface area contributed by atoms with Gasteiger partial charge in [0.2, 0.25) is 0 Å². The van der Waals surface area contributed by atoms with E-state index >= 15 is 0 Å². The minimum atomic E-state index is 0.0561. The van der Waals surface area contributed by atoms with E-state index in [2.05, 4.69) is 22.2 Å². The van der Waals surface area contributed by atoms with Gasteiger partial charge >= 0.3 is 0 Å². The first-order valence-electron chi connectivity index (χ1n) is 9.56. The molecule has 1 N–H and O–H groups in total. The highest BCUT2D eigenvalue weighted by molar-refractivity contribution is 5.98. The molecule has 1 amide bonds. The van der Waals surface area contributed by atoms with E-state index in [9.17, 15) is 4.79 Å². The SMILES string of the molecule is Cc1nc(CNc2ncccc2C(=O)N2CCCC2)nc2c1CCCC2. The second kappa shape index (κ2) is 7.40. The number of rotatable bonds is 4. The van der Waals surface area contributed by atoms with Gasteiger partial charge in [-0.25, -0.2) is 15.0 Å². The van der Waals surface area contributed by atoms with Crippen LogP contribution in [0, 0.1) is 6.92 Å². The van der Waals surface area contributed by atoms with E-state index in [0.29, 0.717) is 17.9 Å². The number of hydrogen-bond donors (Lipinski definition) is 1. The van der Waals surface area contributed by atoms with Crippen LogP contribution >= 0.6 is 0 Å². The quantitative estimate of drug-likeness (QED) is 0.917. The van der Waals surface area contributed by atoms with Gasteiger partial charge in [-0.3, -0.25) is 4.79 Å². The molecule has 2 aromatic rings. The third kappa shape index (κ3) is 3.41. The summed E-state index contributed by atoms with van der Waals surface area (Å²) in [5.41, 5.74) is 4.22. The molecule has 0 aromatic carbocycles. The number of nitrogens with one attached hydrogen (secondary N) is 1. The van der Waals surface area contributed by atoms with Crippen molar-refractivity contribution in [3.63, 3.8) is 0 Å². The first-order valence-corrected chi connectivity index (χ1v) is 9.56. The standard InChI is InChI=1S/C20H25N5O/c1-14-15-7-2-3-9-17(15)24-18(23-14)13-22-19-16(8-6-10-21-19)20(26)25-11-4-5-12-25/h6,8,10H,2-5,7,9,11-13H2,1H3,(H,21,22). The Morgan fingerprint density at radius 3 is 2.81 bits per heavy atom. The molecule has 0 atom stereocenters. The maximum atomic E-state index is 12.7. The Hall–Kier alpha value is -2.50. The predicted octanol–water partition coefficient (Wildman–Crippen LogP) is 2.91. The number of fused-ring (bicyclic) bond motifs is 1. The fraction of sp³-hybridized carbons (Fsp3) is 0.500. The summed E-state index contributed by atoms with van der Waals surface area (Å²) in [7, 11) is 0. The number of carbonyl (C=O) groups is 1. The van der Waals surface area contributed by atoms with Gasteiger partial charge in [-0.05, 0) is 63.1 Å². The van der Waals surface area contributed by atoms with Crippen LogP contribution in [-0.2, 0) is 19.4 Å². The minimum absolute atomic E-state index is 0.0561. The van der Waals surface area contributed by atoms with E-state index in [1.807, 2.05) is 17.0 Å². The van der Waals surface area contributed by atoms with Gasteiger partial charge in [0.05, 0.1) is 12.1 Å². The largest absolute Gasteiger partial charge is 0.362 e. The summed E-state index contributed by atoms with van der Waals surface area (Å²) >= 11 is 0. The van der Waals surface area contributed by atoms with E-state index in [0.717, 1.165) is 50.3 Å². The van der Waals surface area contributed by atoms with E-state index < -0.39 is 0 Å². The number of aryl methyl sites for hydroxylation is 2. The second-order valence-corrected chi connectivity index (χ2v) is 7.11. The van der Waals surface area contributed by atoms with Gasteiger partial charge in [0.25, 0.3) is 5.91 Å². The Morgan fingerprint density at radius 2 is 1.96 bits per heavy atom. The molecule has 3 heterocycles. The average molecular weight is 351 g/mol. The Kier molecular flexibility index (Phi) is 4.82. The van der Waals surface area contributed by atoms with E-state index in [4.69, 9.17) is 4.98 Å². The third-order valence-electron chi connectivity index (χ3n) is 5.28. The van der Waals surface area contributed by atoms with Crippen LogP contribution in [0.1, 0.15) is 58.8 Å². The number of likely N-dealkylation sites (tertiary alicyclic amines) is 1. The van der Waals surface area contributed by atoms with Gasteiger partial charge in [-0.2, -0.15) is 0 Å². The van der Waals surface area contributed by atoms with Gasteiger partial charge in [-0.15, -0.1) is 0 Å². The van der Waals surface area contributed by atoms with Crippen molar-refractivity contribution in [3.8, 4) is 0 Å². The molecule has 0 bridgehead atoms. The molecule has 2 aliphatic rings. The van der Waals surface area contributed by atoms with E-state index in [-0.39, 0.29) is 5.91 Å². The molecule has 1 saturated heterocycles. The molecule has 4 rings (SSSR count). The third-order valence-corrected chi connectivity index (χ3v) is 5.28. The molecule has 1 fully saturated rings. The lowest BCUT2D eigenvalue weighted by atomic mass is 9.95. The number of carbonyl (C=O) groups excluding carboxylic acids is 1. The van der Waals surface area contributed by atoms with Gasteiger partial charge in [0, 0.05) is 30.7 Å². The zero-order valence-corrected chi connectivity index (χ0v) is 15.3. The summed E-state index contributed by atoms with van der Waals surface area (Å²) in [6, 6.07) is 3.66. The van der Waals surface area contributed by atoms with Crippen LogP contribution < -0.4 is 5.32 Å². The molecular formula is C20H25N5O. The van der Waals surface area contributed by atoms with Crippen molar-refractivity contribution in [2.24, 2.45) is 0 Å². The molecule has 6 heteroatoms. The van der Waals surface area contributed by atoms with Gasteiger partial charge in [-0.1, -0.05) is 0 Å². The lowest BCUT2D eigenvalue weighted by Crippen LogP contribution is -2.28. The van der Waals surface area contributed by atoms with Gasteiger partial charge in [0.1, 0.15) is 11.6 Å². The maximum Gasteiger partial charge on any atom is 0.257 e. The summed E-state index contributed by atoms with van der Waals surface area (Å²) in [5, 5.41) is 3.28. The molecular weight excluding hydrogens is 326 g/mol. The highest BCUT2D eigenvalue weighted by Gasteiger charge is 2.22. The molecule has 26 heavy (non-hydrogen) atoms. The van der Waals surface area contributed by atoms with E-state index in [1.54, 1.807) is 6.20 Å². The average Bonchev–Trinajstić information content (AvgIpc) is 3.21. The van der Waals surface area contributed by atoms with Crippen molar-refractivity contribution in [3.05, 3.63) is 46.7 Å². The second-order valence-electron chi connectivity index (χ2n) is 7.11. The summed E-state index contributed by atoms with van der Waals surface area (Å²) in [4.78, 5) is 28.4. The minimum Gasteiger partial charge on any atom is -0.362 e. The number of pyridine rings is 1. The van der Waals surface area contributed by atoms with Crippen molar-refractivity contribution in [2.75, 3.05) is 18.4 Å². The number of hydrogen-bond acceptors (Lipinski definition) is 5. The zero-order valence-electron chi connectivity index (χ0n) is 15.3. The molecule has 1 aliphatic heterocycles. The summed E-state index contributed by atoms with van der Waals surface area (Å²) in [6.07, 6.45) is 8.42. The Balaban J connectivity index is 1.52. The van der Waals surface area contributed by atoms with Crippen molar-refractivity contribution in [1.29, 1.82) is 0 Å². The fourth-order valence-electron chi connectivity index (χ4n) is 3.90. The van der Waals surface area contributed by atoms with Crippen LogP contribution in [-0.4, -0.2) is 38.8 Å². The Morgan fingerprint density at radius 1 is 1.15 bits per heavy atom. The van der Waals surface area contributed by atoms with Crippen LogP contribution in [0.5, 0.6) is 0 Å². The maximum absolute atomic E-state index is 12.7. The molecule has 0 radical (unpaired) electrons. The van der Waals surface area contributed by atoms with Crippen LogP contribution in [0.15, 0.2) is 18.3 Å². The van der Waals surface area contributed by atoms with Gasteiger partial charge < -0.3 is 10.2 Å². The molecule has 6 nitrogen and oxygen atoms in total. The van der Waals surface area contributed by atoms with Crippen molar-refractivity contribution in [1.82, 2.24) is 19.9 Å². The normalized spacial score (nSPS) is 16.4. The predicted molar refractivity (Wildman–Crippen MR) is 100 cm³/mol. The first-order chi connectivity index (χ1) is 12.7. The van der Waals surface area contributed by atoms with Crippen LogP contribution in [0.3, 0.4) is 0 Å². The zero-order chi connectivity index (χ0) is 17.9. The smallest absolute Gasteiger partial charge is 0.257 e.